The van der Waals surface area contributed by atoms with E-state index in [1.54, 1.807) is 24.3 Å². The van der Waals surface area contributed by atoms with Crippen molar-refractivity contribution in [2.75, 3.05) is 19.0 Å². The molecule has 7 nitrogen and oxygen atoms in total. The smallest absolute Gasteiger partial charge is 0.351 e. The molecular formula is C12H16BrN3O4. The first kappa shape index (κ1) is 15.2. The molecule has 0 amide bonds. The predicted molar refractivity (Wildman–Crippen MR) is 77.6 cm³/mol. The monoisotopic (exact) mass is 345 g/mol. The predicted octanol–water partition coefficient (Wildman–Crippen LogP) is 0.291. The van der Waals surface area contributed by atoms with Crippen molar-refractivity contribution < 1.29 is 14.9 Å². The van der Waals surface area contributed by atoms with Crippen molar-refractivity contribution in [2.24, 2.45) is 0 Å². The van der Waals surface area contributed by atoms with Crippen molar-refractivity contribution in [1.29, 1.82) is 0 Å². The highest BCUT2D eigenvalue weighted by molar-refractivity contribution is 9.11. The van der Waals surface area contributed by atoms with E-state index in [0.717, 1.165) is 0 Å². The standard InChI is InChI=1S/C12H16BrN3O4/c1-14-11-7(2-3-13)5-16(12(19)15-11)10-4-8(18)9(6-17)20-10/h2-3,5,8-10,17-18H,4,6H2,1H3,(H,14,15,19)/b3-2+/t8-,9+,10+/m0/s1. The number of ether oxygens (including phenoxy) is 1. The van der Waals surface area contributed by atoms with Gasteiger partial charge in [-0.3, -0.25) is 4.57 Å². The molecule has 0 bridgehead atoms. The quantitative estimate of drug-likeness (QED) is 0.725. The SMILES string of the molecule is CNc1nc(=O)n([C@H]2C[C@H](O)[C@@H](CO)O2)cc1/C=C/Br. The molecule has 8 heteroatoms. The zero-order chi connectivity index (χ0) is 14.7. The van der Waals surface area contributed by atoms with Crippen LogP contribution in [0.5, 0.6) is 0 Å². The van der Waals surface area contributed by atoms with E-state index in [2.05, 4.69) is 26.2 Å². The Balaban J connectivity index is 2.38. The largest absolute Gasteiger partial charge is 0.394 e. The fraction of sp³-hybridized carbons (Fsp3) is 0.500. The fourth-order valence-electron chi connectivity index (χ4n) is 2.13. The molecule has 2 rings (SSSR count). The molecule has 1 aliphatic rings. The zero-order valence-corrected chi connectivity index (χ0v) is 12.4. The lowest BCUT2D eigenvalue weighted by Crippen LogP contribution is -2.28. The van der Waals surface area contributed by atoms with Crippen molar-refractivity contribution in [3.05, 3.63) is 27.2 Å². The van der Waals surface area contributed by atoms with Gasteiger partial charge in [-0.15, -0.1) is 0 Å². The van der Waals surface area contributed by atoms with Crippen LogP contribution in [-0.2, 0) is 4.74 Å². The van der Waals surface area contributed by atoms with Gasteiger partial charge in [0.2, 0.25) is 0 Å². The van der Waals surface area contributed by atoms with Crippen LogP contribution in [0.1, 0.15) is 18.2 Å². The minimum absolute atomic E-state index is 0.239. The molecule has 0 spiro atoms. The topological polar surface area (TPSA) is 96.6 Å². The van der Waals surface area contributed by atoms with Gasteiger partial charge >= 0.3 is 5.69 Å². The lowest BCUT2D eigenvalue weighted by Gasteiger charge is -2.16. The molecule has 0 radical (unpaired) electrons. The maximum absolute atomic E-state index is 12.0. The van der Waals surface area contributed by atoms with E-state index < -0.39 is 24.1 Å². The van der Waals surface area contributed by atoms with Crippen LogP contribution in [0.15, 0.2) is 16.0 Å². The van der Waals surface area contributed by atoms with Crippen molar-refractivity contribution in [3.63, 3.8) is 0 Å². The van der Waals surface area contributed by atoms with E-state index in [-0.39, 0.29) is 13.0 Å². The average molecular weight is 346 g/mol. The number of rotatable bonds is 4. The molecule has 1 aromatic heterocycles. The minimum Gasteiger partial charge on any atom is -0.394 e. The van der Waals surface area contributed by atoms with Gasteiger partial charge in [0.05, 0.1) is 12.7 Å². The van der Waals surface area contributed by atoms with Crippen LogP contribution in [0.4, 0.5) is 5.82 Å². The Bertz CT molecular complexity index is 560. The Hall–Kier alpha value is -1.22. The molecule has 3 N–H and O–H groups in total. The summed E-state index contributed by atoms with van der Waals surface area (Å²) in [6.07, 6.45) is 1.49. The average Bonchev–Trinajstić information content (AvgIpc) is 2.81. The summed E-state index contributed by atoms with van der Waals surface area (Å²) in [6.45, 7) is -0.289. The van der Waals surface area contributed by atoms with Crippen LogP contribution in [0.3, 0.4) is 0 Å². The number of nitrogens with one attached hydrogen (secondary N) is 1. The molecule has 2 heterocycles. The van der Waals surface area contributed by atoms with Gasteiger partial charge in [-0.2, -0.15) is 4.98 Å². The number of halogens is 1. The summed E-state index contributed by atoms with van der Waals surface area (Å²) in [5.41, 5.74) is 0.228. The molecule has 0 aliphatic carbocycles. The van der Waals surface area contributed by atoms with Crippen LogP contribution in [0.25, 0.3) is 6.08 Å². The summed E-state index contributed by atoms with van der Waals surface area (Å²) < 4.78 is 6.78. The van der Waals surface area contributed by atoms with E-state index in [0.29, 0.717) is 11.4 Å². The highest BCUT2D eigenvalue weighted by atomic mass is 79.9. The van der Waals surface area contributed by atoms with Gasteiger partial charge in [-0.1, -0.05) is 15.9 Å². The highest BCUT2D eigenvalue weighted by Gasteiger charge is 2.35. The van der Waals surface area contributed by atoms with Crippen molar-refractivity contribution in [2.45, 2.75) is 24.9 Å². The molecule has 20 heavy (non-hydrogen) atoms. The molecule has 1 aromatic rings. The van der Waals surface area contributed by atoms with Crippen molar-refractivity contribution in [3.8, 4) is 0 Å². The summed E-state index contributed by atoms with van der Waals surface area (Å²) in [4.78, 5) is 17.6. The number of aromatic nitrogens is 2. The van der Waals surface area contributed by atoms with Crippen LogP contribution in [-0.4, -0.2) is 45.6 Å². The summed E-state index contributed by atoms with van der Waals surface area (Å²) in [6, 6.07) is 0. The first-order valence-electron chi connectivity index (χ1n) is 6.12. The lowest BCUT2D eigenvalue weighted by molar-refractivity contribution is -0.0458. The van der Waals surface area contributed by atoms with Gasteiger partial charge < -0.3 is 20.3 Å². The van der Waals surface area contributed by atoms with Crippen molar-refractivity contribution in [1.82, 2.24) is 9.55 Å². The van der Waals surface area contributed by atoms with E-state index in [9.17, 15) is 9.90 Å². The van der Waals surface area contributed by atoms with Gasteiger partial charge in [0.15, 0.2) is 0 Å². The van der Waals surface area contributed by atoms with E-state index in [1.807, 2.05) is 0 Å². The summed E-state index contributed by atoms with van der Waals surface area (Å²) >= 11 is 3.18. The fourth-order valence-corrected chi connectivity index (χ4v) is 2.42. The van der Waals surface area contributed by atoms with Crippen LogP contribution < -0.4 is 11.0 Å². The number of aliphatic hydroxyl groups is 2. The van der Waals surface area contributed by atoms with Gasteiger partial charge in [0.1, 0.15) is 18.1 Å². The lowest BCUT2D eigenvalue weighted by atomic mass is 10.2. The molecule has 0 saturated carbocycles. The van der Waals surface area contributed by atoms with Crippen LogP contribution in [0, 0.1) is 0 Å². The maximum Gasteiger partial charge on any atom is 0.351 e. The van der Waals surface area contributed by atoms with Gasteiger partial charge in [-0.05, 0) is 11.1 Å². The second-order valence-corrected chi connectivity index (χ2v) is 4.92. The second-order valence-electron chi connectivity index (χ2n) is 4.39. The van der Waals surface area contributed by atoms with E-state index in [4.69, 9.17) is 9.84 Å². The summed E-state index contributed by atoms with van der Waals surface area (Å²) in [7, 11) is 1.68. The normalized spacial score (nSPS) is 26.3. The van der Waals surface area contributed by atoms with E-state index >= 15 is 0 Å². The molecule has 0 unspecified atom stereocenters. The van der Waals surface area contributed by atoms with Gasteiger partial charge in [0, 0.05) is 25.2 Å². The third-order valence-corrected chi connectivity index (χ3v) is 3.42. The minimum atomic E-state index is -0.795. The van der Waals surface area contributed by atoms with E-state index in [1.165, 1.54) is 4.57 Å². The second kappa shape index (κ2) is 6.49. The molecule has 1 fully saturated rings. The molecule has 3 atom stereocenters. The number of hydrogen-bond acceptors (Lipinski definition) is 6. The van der Waals surface area contributed by atoms with Crippen molar-refractivity contribution >= 4 is 27.8 Å². The Morgan fingerprint density at radius 3 is 3.00 bits per heavy atom. The first-order valence-corrected chi connectivity index (χ1v) is 7.04. The molecule has 110 valence electrons. The van der Waals surface area contributed by atoms with Crippen LogP contribution >= 0.6 is 15.9 Å². The van der Waals surface area contributed by atoms with Crippen LogP contribution in [0.2, 0.25) is 0 Å². The Kier molecular flexibility index (Phi) is 4.92. The Morgan fingerprint density at radius 1 is 1.70 bits per heavy atom. The first-order chi connectivity index (χ1) is 9.60. The zero-order valence-electron chi connectivity index (χ0n) is 10.9. The summed E-state index contributed by atoms with van der Waals surface area (Å²) in [5.74, 6) is 0.458. The Morgan fingerprint density at radius 2 is 2.45 bits per heavy atom. The molecular weight excluding hydrogens is 330 g/mol. The van der Waals surface area contributed by atoms with Gasteiger partial charge in [0.25, 0.3) is 0 Å². The Labute approximate surface area is 124 Å². The number of aliphatic hydroxyl groups excluding tert-OH is 2. The number of nitrogens with zero attached hydrogens (tertiary/aromatic N) is 2. The number of anilines is 1. The summed E-state index contributed by atoms with van der Waals surface area (Å²) in [5, 5.41) is 21.6. The molecule has 1 aliphatic heterocycles. The third-order valence-electron chi connectivity index (χ3n) is 3.15. The number of hydrogen-bond donors (Lipinski definition) is 3. The molecule has 0 aromatic carbocycles. The molecule has 1 saturated heterocycles. The van der Waals surface area contributed by atoms with Gasteiger partial charge in [-0.25, -0.2) is 4.79 Å². The third kappa shape index (κ3) is 2.93. The maximum atomic E-state index is 12.0. The highest BCUT2D eigenvalue weighted by Crippen LogP contribution is 2.28.